The van der Waals surface area contributed by atoms with Gasteiger partial charge in [0.1, 0.15) is 24.9 Å². The normalized spacial score (nSPS) is 12.0. The Bertz CT molecular complexity index is 1150. The van der Waals surface area contributed by atoms with E-state index in [-0.39, 0.29) is 26.1 Å². The summed E-state index contributed by atoms with van der Waals surface area (Å²) in [6.45, 7) is 5.34. The van der Waals surface area contributed by atoms with E-state index in [1.807, 2.05) is 72.8 Å². The van der Waals surface area contributed by atoms with E-state index in [1.165, 1.54) is 0 Å². The van der Waals surface area contributed by atoms with Crippen molar-refractivity contribution in [2.24, 2.45) is 0 Å². The lowest BCUT2D eigenvalue weighted by atomic mass is 10.1. The van der Waals surface area contributed by atoms with Gasteiger partial charge in [-0.2, -0.15) is 0 Å². The summed E-state index contributed by atoms with van der Waals surface area (Å²) in [5.74, 6) is -1.13. The molecule has 1 atom stereocenters. The quantitative estimate of drug-likeness (QED) is 0.332. The lowest BCUT2D eigenvalue weighted by Crippen LogP contribution is -2.44. The Balaban J connectivity index is 1.55. The number of carbonyl (C=O) groups is 3. The summed E-state index contributed by atoms with van der Waals surface area (Å²) in [7, 11) is 0. The highest BCUT2D eigenvalue weighted by Crippen LogP contribution is 2.17. The molecule has 0 aliphatic rings. The number of amides is 1. The number of carbonyl (C=O) groups excluding carboxylic acids is 3. The van der Waals surface area contributed by atoms with Crippen molar-refractivity contribution in [1.82, 2.24) is 5.32 Å². The first-order valence-electron chi connectivity index (χ1n) is 11.5. The molecule has 0 aliphatic heterocycles. The van der Waals surface area contributed by atoms with Crippen molar-refractivity contribution in [2.45, 2.75) is 58.5 Å². The van der Waals surface area contributed by atoms with Crippen molar-refractivity contribution in [1.29, 1.82) is 0 Å². The number of fused-ring (bicyclic) bond motifs is 1. The maximum absolute atomic E-state index is 12.7. The maximum Gasteiger partial charge on any atom is 0.408 e. The van der Waals surface area contributed by atoms with Crippen LogP contribution >= 0.6 is 0 Å². The summed E-state index contributed by atoms with van der Waals surface area (Å²) in [6.07, 6.45) is -0.818. The second-order valence-corrected chi connectivity index (χ2v) is 9.17. The zero-order valence-electron chi connectivity index (χ0n) is 20.3. The van der Waals surface area contributed by atoms with Crippen LogP contribution in [0.25, 0.3) is 10.8 Å². The first-order chi connectivity index (χ1) is 16.7. The Labute approximate surface area is 205 Å². The lowest BCUT2D eigenvalue weighted by molar-refractivity contribution is -0.149. The fourth-order valence-electron chi connectivity index (χ4n) is 3.35. The minimum absolute atomic E-state index is 0.0173. The molecule has 0 aromatic heterocycles. The highest BCUT2D eigenvalue weighted by Gasteiger charge is 2.26. The molecule has 3 aromatic carbocycles. The van der Waals surface area contributed by atoms with Crippen LogP contribution in [0.4, 0.5) is 4.79 Å². The van der Waals surface area contributed by atoms with Crippen molar-refractivity contribution < 1.29 is 28.6 Å². The van der Waals surface area contributed by atoms with Crippen molar-refractivity contribution in [3.05, 3.63) is 83.9 Å². The number of alkyl carbamates (subject to hydrolysis) is 1. The number of ether oxygens (including phenoxy) is 3. The molecular formula is C28H31NO6. The van der Waals surface area contributed by atoms with Crippen molar-refractivity contribution in [2.75, 3.05) is 0 Å². The fourth-order valence-corrected chi connectivity index (χ4v) is 3.35. The van der Waals surface area contributed by atoms with Gasteiger partial charge < -0.3 is 19.5 Å². The van der Waals surface area contributed by atoms with Gasteiger partial charge in [-0.05, 0) is 55.2 Å². The number of hydrogen-bond acceptors (Lipinski definition) is 6. The smallest absolute Gasteiger partial charge is 0.408 e. The Morgan fingerprint density at radius 1 is 0.800 bits per heavy atom. The molecule has 184 valence electrons. The van der Waals surface area contributed by atoms with Crippen LogP contribution in [0.2, 0.25) is 0 Å². The molecule has 0 radical (unpaired) electrons. The number of esters is 2. The molecule has 0 saturated heterocycles. The molecule has 0 unspecified atom stereocenters. The molecule has 0 fully saturated rings. The Hall–Kier alpha value is -3.87. The second-order valence-electron chi connectivity index (χ2n) is 9.17. The zero-order chi connectivity index (χ0) is 25.3. The third-order valence-corrected chi connectivity index (χ3v) is 5.05. The van der Waals surface area contributed by atoms with Gasteiger partial charge >= 0.3 is 18.0 Å². The van der Waals surface area contributed by atoms with E-state index in [0.29, 0.717) is 0 Å². The molecule has 0 heterocycles. The Morgan fingerprint density at radius 3 is 2.17 bits per heavy atom. The lowest BCUT2D eigenvalue weighted by Gasteiger charge is -2.23. The Morgan fingerprint density at radius 2 is 1.46 bits per heavy atom. The van der Waals surface area contributed by atoms with Gasteiger partial charge in [-0.25, -0.2) is 9.59 Å². The standard InChI is InChI=1S/C28H31NO6/c1-28(2,3)35-27(32)29-24(26(31)34-18-20-9-5-4-6-10-20)15-16-25(30)33-19-21-13-14-22-11-7-8-12-23(22)17-21/h4-14,17,24H,15-16,18-19H2,1-3H3,(H,29,32)/t24-/m0/s1. The van der Waals surface area contributed by atoms with Gasteiger partial charge in [0.15, 0.2) is 0 Å². The number of hydrogen-bond donors (Lipinski definition) is 1. The monoisotopic (exact) mass is 477 g/mol. The van der Waals surface area contributed by atoms with Gasteiger partial charge in [-0.3, -0.25) is 4.79 Å². The summed E-state index contributed by atoms with van der Waals surface area (Å²) in [5, 5.41) is 4.68. The fraction of sp³-hybridized carbons (Fsp3) is 0.321. The first-order valence-corrected chi connectivity index (χ1v) is 11.5. The van der Waals surface area contributed by atoms with Crippen LogP contribution in [0, 0.1) is 0 Å². The van der Waals surface area contributed by atoms with Crippen LogP contribution in [0.15, 0.2) is 72.8 Å². The molecule has 7 nitrogen and oxygen atoms in total. The number of benzene rings is 3. The molecular weight excluding hydrogens is 446 g/mol. The molecule has 3 aromatic rings. The van der Waals surface area contributed by atoms with Crippen LogP contribution in [0.5, 0.6) is 0 Å². The first kappa shape index (κ1) is 25.7. The van der Waals surface area contributed by atoms with Gasteiger partial charge in [0.2, 0.25) is 0 Å². The molecule has 0 bridgehead atoms. The molecule has 3 rings (SSSR count). The van der Waals surface area contributed by atoms with Gasteiger partial charge in [0, 0.05) is 6.42 Å². The van der Waals surface area contributed by atoms with Crippen molar-refractivity contribution in [3.8, 4) is 0 Å². The molecule has 1 amide bonds. The van der Waals surface area contributed by atoms with E-state index >= 15 is 0 Å². The molecule has 35 heavy (non-hydrogen) atoms. The second kappa shape index (κ2) is 12.0. The van der Waals surface area contributed by atoms with E-state index in [4.69, 9.17) is 14.2 Å². The van der Waals surface area contributed by atoms with Gasteiger partial charge in [0.05, 0.1) is 0 Å². The largest absolute Gasteiger partial charge is 0.461 e. The summed E-state index contributed by atoms with van der Waals surface area (Å²) < 4.78 is 16.0. The summed E-state index contributed by atoms with van der Waals surface area (Å²) in [5.41, 5.74) is 0.941. The minimum Gasteiger partial charge on any atom is -0.461 e. The Kier molecular flexibility index (Phi) is 8.84. The predicted molar refractivity (Wildman–Crippen MR) is 132 cm³/mol. The minimum atomic E-state index is -1.05. The van der Waals surface area contributed by atoms with Gasteiger partial charge in [-0.1, -0.05) is 66.7 Å². The van der Waals surface area contributed by atoms with Gasteiger partial charge in [-0.15, -0.1) is 0 Å². The summed E-state index contributed by atoms with van der Waals surface area (Å²) in [6, 6.07) is 21.9. The number of rotatable bonds is 9. The third-order valence-electron chi connectivity index (χ3n) is 5.05. The summed E-state index contributed by atoms with van der Waals surface area (Å²) >= 11 is 0. The summed E-state index contributed by atoms with van der Waals surface area (Å²) in [4.78, 5) is 37.3. The zero-order valence-corrected chi connectivity index (χ0v) is 20.3. The van der Waals surface area contributed by atoms with Crippen LogP contribution < -0.4 is 5.32 Å². The van der Waals surface area contributed by atoms with E-state index in [2.05, 4.69) is 5.32 Å². The average molecular weight is 478 g/mol. The van der Waals surface area contributed by atoms with Crippen LogP contribution in [-0.4, -0.2) is 29.7 Å². The molecule has 0 aliphatic carbocycles. The third kappa shape index (κ3) is 8.77. The molecule has 1 N–H and O–H groups in total. The predicted octanol–water partition coefficient (Wildman–Crippen LogP) is 5.30. The van der Waals surface area contributed by atoms with Gasteiger partial charge in [0.25, 0.3) is 0 Å². The average Bonchev–Trinajstić information content (AvgIpc) is 2.83. The van der Waals surface area contributed by atoms with Crippen LogP contribution in [0.3, 0.4) is 0 Å². The molecule has 7 heteroatoms. The van der Waals surface area contributed by atoms with E-state index in [9.17, 15) is 14.4 Å². The van der Waals surface area contributed by atoms with Crippen molar-refractivity contribution in [3.63, 3.8) is 0 Å². The highest BCUT2D eigenvalue weighted by atomic mass is 16.6. The molecule has 0 saturated carbocycles. The van der Waals surface area contributed by atoms with E-state index < -0.39 is 29.7 Å². The SMILES string of the molecule is CC(C)(C)OC(=O)N[C@@H](CCC(=O)OCc1ccc2ccccc2c1)C(=O)OCc1ccccc1. The van der Waals surface area contributed by atoms with Crippen LogP contribution in [0.1, 0.15) is 44.7 Å². The van der Waals surface area contributed by atoms with E-state index in [1.54, 1.807) is 20.8 Å². The maximum atomic E-state index is 12.7. The topological polar surface area (TPSA) is 90.9 Å². The van der Waals surface area contributed by atoms with Crippen LogP contribution in [-0.2, 0) is 37.0 Å². The number of nitrogens with one attached hydrogen (secondary N) is 1. The highest BCUT2D eigenvalue weighted by molar-refractivity contribution is 5.83. The van der Waals surface area contributed by atoms with Crippen molar-refractivity contribution >= 4 is 28.8 Å². The van der Waals surface area contributed by atoms with E-state index in [0.717, 1.165) is 21.9 Å². The molecule has 0 spiro atoms.